The van der Waals surface area contributed by atoms with Gasteiger partial charge in [-0.2, -0.15) is 0 Å². The molecule has 1 aromatic carbocycles. The topological polar surface area (TPSA) is 167 Å². The third kappa shape index (κ3) is 7.22. The van der Waals surface area contributed by atoms with Crippen LogP contribution < -0.4 is 26.2 Å². The first kappa shape index (κ1) is 31.1. The molecule has 4 heterocycles. The SMILES string of the molecule is COc1nc(-c2cccc(-c3ccn4c(=O)c(CNC[C@@H](O)CC(=O)O)cnc4c3)c2Cl)ccc1CNC[C@@H]1CCC(=O)N1. The lowest BCUT2D eigenvalue weighted by molar-refractivity contribution is -0.139. The van der Waals surface area contributed by atoms with Crippen molar-refractivity contribution in [2.45, 2.75) is 44.5 Å². The normalized spacial score (nSPS) is 15.3. The number of aliphatic hydroxyl groups excluding tert-OH is 1. The Morgan fingerprint density at radius 3 is 2.70 bits per heavy atom. The molecule has 13 heteroatoms. The van der Waals surface area contributed by atoms with E-state index in [4.69, 9.17) is 26.4 Å². The van der Waals surface area contributed by atoms with Crippen LogP contribution in [0.5, 0.6) is 5.88 Å². The average molecular weight is 621 g/mol. The summed E-state index contributed by atoms with van der Waals surface area (Å²) in [6, 6.07) is 13.2. The molecule has 5 N–H and O–H groups in total. The van der Waals surface area contributed by atoms with Crippen molar-refractivity contribution in [1.82, 2.24) is 30.3 Å². The van der Waals surface area contributed by atoms with Gasteiger partial charge in [-0.1, -0.05) is 35.9 Å². The zero-order valence-corrected chi connectivity index (χ0v) is 24.8. The summed E-state index contributed by atoms with van der Waals surface area (Å²) in [6.07, 6.45) is 3.03. The molecular formula is C31H33ClN6O6. The summed E-state index contributed by atoms with van der Waals surface area (Å²) in [4.78, 5) is 44.3. The van der Waals surface area contributed by atoms with Crippen LogP contribution in [0.2, 0.25) is 5.02 Å². The van der Waals surface area contributed by atoms with Crippen LogP contribution in [-0.4, -0.2) is 68.8 Å². The fraction of sp³-hybridized carbons (Fsp3) is 0.323. The third-order valence-electron chi connectivity index (χ3n) is 7.40. The first-order chi connectivity index (χ1) is 21.2. The Hall–Kier alpha value is -4.36. The minimum Gasteiger partial charge on any atom is -0.481 e. The Labute approximate surface area is 258 Å². The molecule has 12 nitrogen and oxygen atoms in total. The number of aliphatic carboxylic acids is 1. The lowest BCUT2D eigenvalue weighted by Gasteiger charge is -2.15. The highest BCUT2D eigenvalue weighted by Gasteiger charge is 2.20. The number of aliphatic hydroxyl groups is 1. The highest BCUT2D eigenvalue weighted by Crippen LogP contribution is 2.36. The lowest BCUT2D eigenvalue weighted by atomic mass is 10.0. The quantitative estimate of drug-likeness (QED) is 0.150. The van der Waals surface area contributed by atoms with Crippen molar-refractivity contribution in [3.8, 4) is 28.3 Å². The number of fused-ring (bicyclic) bond motifs is 1. The molecule has 3 aromatic heterocycles. The van der Waals surface area contributed by atoms with E-state index < -0.39 is 12.1 Å². The molecule has 0 aliphatic carbocycles. The number of amides is 1. The van der Waals surface area contributed by atoms with E-state index in [1.807, 2.05) is 30.3 Å². The van der Waals surface area contributed by atoms with Gasteiger partial charge in [0.2, 0.25) is 11.8 Å². The predicted octanol–water partition coefficient (Wildman–Crippen LogP) is 2.38. The van der Waals surface area contributed by atoms with Gasteiger partial charge in [-0.3, -0.25) is 18.8 Å². The molecule has 230 valence electrons. The largest absolute Gasteiger partial charge is 0.481 e. The van der Waals surface area contributed by atoms with Crippen molar-refractivity contribution in [3.05, 3.63) is 81.4 Å². The number of halogens is 1. The zero-order chi connectivity index (χ0) is 31.2. The van der Waals surface area contributed by atoms with Crippen LogP contribution >= 0.6 is 11.6 Å². The summed E-state index contributed by atoms with van der Waals surface area (Å²) in [7, 11) is 1.57. The van der Waals surface area contributed by atoms with Gasteiger partial charge < -0.3 is 30.9 Å². The Balaban J connectivity index is 1.32. The van der Waals surface area contributed by atoms with E-state index in [0.29, 0.717) is 52.9 Å². The van der Waals surface area contributed by atoms with Gasteiger partial charge in [0.25, 0.3) is 5.56 Å². The van der Waals surface area contributed by atoms with Crippen LogP contribution in [0.4, 0.5) is 0 Å². The van der Waals surface area contributed by atoms with E-state index in [1.165, 1.54) is 10.6 Å². The first-order valence-electron chi connectivity index (χ1n) is 14.2. The summed E-state index contributed by atoms with van der Waals surface area (Å²) >= 11 is 6.92. The number of hydrogen-bond acceptors (Lipinski definition) is 9. The summed E-state index contributed by atoms with van der Waals surface area (Å²) < 4.78 is 7.00. The van der Waals surface area contributed by atoms with Crippen molar-refractivity contribution >= 4 is 29.1 Å². The molecule has 1 aliphatic heterocycles. The number of carbonyl (C=O) groups is 2. The van der Waals surface area contributed by atoms with Gasteiger partial charge in [0, 0.05) is 73.3 Å². The van der Waals surface area contributed by atoms with Crippen molar-refractivity contribution < 1.29 is 24.5 Å². The van der Waals surface area contributed by atoms with Crippen LogP contribution in [0.1, 0.15) is 30.4 Å². The van der Waals surface area contributed by atoms with Crippen LogP contribution in [0.25, 0.3) is 28.0 Å². The number of rotatable bonds is 13. The van der Waals surface area contributed by atoms with Crippen molar-refractivity contribution in [3.63, 3.8) is 0 Å². The Morgan fingerprint density at radius 1 is 1.16 bits per heavy atom. The van der Waals surface area contributed by atoms with Crippen molar-refractivity contribution in [1.29, 1.82) is 0 Å². The summed E-state index contributed by atoms with van der Waals surface area (Å²) in [5, 5.41) is 28.2. The van der Waals surface area contributed by atoms with Gasteiger partial charge in [-0.25, -0.2) is 9.97 Å². The molecule has 5 rings (SSSR count). The number of nitrogens with one attached hydrogen (secondary N) is 3. The second-order valence-corrected chi connectivity index (χ2v) is 11.0. The standard InChI is InChI=1S/C31H33ClN6O6/c1-44-30-19(13-33-16-21-6-8-27(40)36-21)5-7-25(37-30)24-4-2-3-23(29(24)32)18-9-10-38-26(11-18)35-15-20(31(38)43)14-34-17-22(39)12-28(41)42/h2-5,7,9-11,15,21-22,33-34,39H,6,8,12-14,16-17H2,1H3,(H,36,40)(H,41,42)/t21-,22-/m0/s1. The minimum atomic E-state index is -1.10. The maximum atomic E-state index is 13.0. The number of nitrogens with zero attached hydrogens (tertiary/aromatic N) is 3. The minimum absolute atomic E-state index is 0.0316. The molecule has 2 atom stereocenters. The van der Waals surface area contributed by atoms with Gasteiger partial charge >= 0.3 is 5.97 Å². The maximum absolute atomic E-state index is 13.0. The highest BCUT2D eigenvalue weighted by atomic mass is 35.5. The molecule has 1 saturated heterocycles. The van der Waals surface area contributed by atoms with Crippen LogP contribution in [-0.2, 0) is 22.7 Å². The van der Waals surface area contributed by atoms with Crippen LogP contribution in [0.3, 0.4) is 0 Å². The van der Waals surface area contributed by atoms with Crippen LogP contribution in [0, 0.1) is 0 Å². The summed E-state index contributed by atoms with van der Waals surface area (Å²) in [5.74, 6) is -0.539. The monoisotopic (exact) mass is 620 g/mol. The van der Waals surface area contributed by atoms with E-state index in [9.17, 15) is 19.5 Å². The fourth-order valence-corrected chi connectivity index (χ4v) is 5.48. The highest BCUT2D eigenvalue weighted by molar-refractivity contribution is 6.36. The van der Waals surface area contributed by atoms with E-state index in [-0.39, 0.29) is 37.0 Å². The number of pyridine rings is 2. The molecule has 0 unspecified atom stereocenters. The van der Waals surface area contributed by atoms with Gasteiger partial charge in [-0.15, -0.1) is 0 Å². The summed E-state index contributed by atoms with van der Waals surface area (Å²) in [6.45, 7) is 1.35. The molecule has 0 saturated carbocycles. The van der Waals surface area contributed by atoms with Crippen LogP contribution in [0.15, 0.2) is 59.7 Å². The third-order valence-corrected chi connectivity index (χ3v) is 7.80. The molecule has 4 aromatic rings. The Kier molecular flexibility index (Phi) is 9.85. The van der Waals surface area contributed by atoms with E-state index >= 15 is 0 Å². The second kappa shape index (κ2) is 14.0. The maximum Gasteiger partial charge on any atom is 0.306 e. The first-order valence-corrected chi connectivity index (χ1v) is 14.6. The Bertz CT molecular complexity index is 1750. The van der Waals surface area contributed by atoms with E-state index in [2.05, 4.69) is 20.9 Å². The fourth-order valence-electron chi connectivity index (χ4n) is 5.14. The van der Waals surface area contributed by atoms with Gasteiger partial charge in [0.15, 0.2) is 0 Å². The van der Waals surface area contributed by atoms with Crippen molar-refractivity contribution in [2.24, 2.45) is 0 Å². The molecule has 1 aliphatic rings. The molecule has 1 amide bonds. The molecule has 44 heavy (non-hydrogen) atoms. The molecule has 0 bridgehead atoms. The number of carboxylic acid groups (broad SMARTS) is 1. The number of hydrogen-bond donors (Lipinski definition) is 5. The number of ether oxygens (including phenoxy) is 1. The number of aromatic nitrogens is 3. The van der Waals surface area contributed by atoms with E-state index in [0.717, 1.165) is 23.1 Å². The average Bonchev–Trinajstić information content (AvgIpc) is 3.42. The second-order valence-electron chi connectivity index (χ2n) is 10.6. The lowest BCUT2D eigenvalue weighted by Crippen LogP contribution is -2.35. The van der Waals surface area contributed by atoms with E-state index in [1.54, 1.807) is 25.4 Å². The zero-order valence-electron chi connectivity index (χ0n) is 24.0. The smallest absolute Gasteiger partial charge is 0.306 e. The van der Waals surface area contributed by atoms with Crippen molar-refractivity contribution in [2.75, 3.05) is 20.2 Å². The predicted molar refractivity (Wildman–Crippen MR) is 165 cm³/mol. The molecule has 0 spiro atoms. The van der Waals surface area contributed by atoms with Gasteiger partial charge in [0.05, 0.1) is 30.4 Å². The number of carbonyl (C=O) groups excluding carboxylic acids is 1. The number of methoxy groups -OCH3 is 1. The molecule has 1 fully saturated rings. The van der Waals surface area contributed by atoms with Gasteiger partial charge in [0.1, 0.15) is 5.65 Å². The summed E-state index contributed by atoms with van der Waals surface area (Å²) in [5.41, 5.74) is 4.26. The molecule has 0 radical (unpaired) electrons. The van der Waals surface area contributed by atoms with Gasteiger partial charge in [-0.05, 0) is 30.2 Å². The molecular weight excluding hydrogens is 588 g/mol. The Morgan fingerprint density at radius 2 is 1.95 bits per heavy atom. The number of benzene rings is 1. The number of carboxylic acids is 1.